The van der Waals surface area contributed by atoms with Crippen molar-refractivity contribution in [2.75, 3.05) is 26.8 Å². The lowest BCUT2D eigenvalue weighted by Crippen LogP contribution is -2.27. The molecule has 0 aromatic rings. The Balaban J connectivity index is 3.09. The van der Waals surface area contributed by atoms with Crippen molar-refractivity contribution in [2.45, 2.75) is 26.2 Å². The second-order valence-electron chi connectivity index (χ2n) is 3.50. The maximum atomic E-state index is 10.4. The van der Waals surface area contributed by atoms with Gasteiger partial charge in [-0.15, -0.1) is 0 Å². The van der Waals surface area contributed by atoms with Crippen LogP contribution in [0.5, 0.6) is 0 Å². The smallest absolute Gasteiger partial charge is 0.307 e. The minimum atomic E-state index is -0.739. The molecular weight excluding hydrogens is 182 g/mol. The van der Waals surface area contributed by atoms with Crippen LogP contribution in [0.25, 0.3) is 0 Å². The van der Waals surface area contributed by atoms with E-state index in [2.05, 4.69) is 5.32 Å². The fourth-order valence-electron chi connectivity index (χ4n) is 1.08. The van der Waals surface area contributed by atoms with Gasteiger partial charge in [-0.05, 0) is 25.8 Å². The molecule has 1 atom stereocenters. The molecular formula is C10H21NO3. The average molecular weight is 203 g/mol. The van der Waals surface area contributed by atoms with Crippen LogP contribution in [0.1, 0.15) is 26.2 Å². The van der Waals surface area contributed by atoms with Crippen LogP contribution in [-0.4, -0.2) is 37.9 Å². The maximum Gasteiger partial charge on any atom is 0.307 e. The standard InChI is InChI=1S/C10H21NO3/c1-9(10(12)13)8-11-6-4-3-5-7-14-2/h9,11H,3-8H2,1-2H3,(H,12,13). The molecule has 0 aliphatic carbocycles. The van der Waals surface area contributed by atoms with Gasteiger partial charge in [-0.2, -0.15) is 0 Å². The summed E-state index contributed by atoms with van der Waals surface area (Å²) in [6, 6.07) is 0. The SMILES string of the molecule is COCCCCCNCC(C)C(=O)O. The summed E-state index contributed by atoms with van der Waals surface area (Å²) < 4.78 is 4.92. The van der Waals surface area contributed by atoms with Crippen molar-refractivity contribution in [3.63, 3.8) is 0 Å². The number of unbranched alkanes of at least 4 members (excludes halogenated alkanes) is 2. The van der Waals surface area contributed by atoms with E-state index in [9.17, 15) is 4.79 Å². The van der Waals surface area contributed by atoms with Gasteiger partial charge < -0.3 is 15.2 Å². The number of rotatable bonds is 9. The van der Waals surface area contributed by atoms with Crippen LogP contribution in [0, 0.1) is 5.92 Å². The van der Waals surface area contributed by atoms with E-state index in [4.69, 9.17) is 9.84 Å². The first-order valence-electron chi connectivity index (χ1n) is 5.11. The van der Waals surface area contributed by atoms with Gasteiger partial charge in [-0.1, -0.05) is 6.92 Å². The minimum Gasteiger partial charge on any atom is -0.481 e. The number of methoxy groups -OCH3 is 1. The first-order valence-corrected chi connectivity index (χ1v) is 5.11. The third-order valence-corrected chi connectivity index (χ3v) is 2.07. The number of ether oxygens (including phenoxy) is 1. The van der Waals surface area contributed by atoms with E-state index in [1.165, 1.54) is 0 Å². The molecule has 0 radical (unpaired) electrons. The van der Waals surface area contributed by atoms with Gasteiger partial charge in [-0.3, -0.25) is 4.79 Å². The lowest BCUT2D eigenvalue weighted by Gasteiger charge is -2.07. The number of aliphatic carboxylic acids is 1. The van der Waals surface area contributed by atoms with E-state index >= 15 is 0 Å². The number of carbonyl (C=O) groups is 1. The van der Waals surface area contributed by atoms with Crippen LogP contribution in [0.2, 0.25) is 0 Å². The lowest BCUT2D eigenvalue weighted by atomic mass is 10.2. The second kappa shape index (κ2) is 8.97. The summed E-state index contributed by atoms with van der Waals surface area (Å²) in [5.74, 6) is -1.04. The van der Waals surface area contributed by atoms with E-state index in [1.807, 2.05) is 0 Å². The van der Waals surface area contributed by atoms with Crippen LogP contribution in [0.15, 0.2) is 0 Å². The van der Waals surface area contributed by atoms with Crippen molar-refractivity contribution < 1.29 is 14.6 Å². The number of hydrogen-bond donors (Lipinski definition) is 2. The highest BCUT2D eigenvalue weighted by Crippen LogP contribution is 1.95. The lowest BCUT2D eigenvalue weighted by molar-refractivity contribution is -0.140. The summed E-state index contributed by atoms with van der Waals surface area (Å²) in [6.45, 7) is 3.97. The molecule has 0 saturated heterocycles. The van der Waals surface area contributed by atoms with E-state index in [0.717, 1.165) is 32.4 Å². The number of carboxylic acids is 1. The molecule has 0 bridgehead atoms. The predicted octanol–water partition coefficient (Wildman–Crippen LogP) is 1.11. The summed E-state index contributed by atoms with van der Waals surface area (Å²) in [5.41, 5.74) is 0. The molecule has 0 aliphatic rings. The van der Waals surface area contributed by atoms with Crippen molar-refractivity contribution in [1.82, 2.24) is 5.32 Å². The van der Waals surface area contributed by atoms with Crippen LogP contribution in [0.4, 0.5) is 0 Å². The van der Waals surface area contributed by atoms with Crippen LogP contribution in [0.3, 0.4) is 0 Å². The zero-order valence-electron chi connectivity index (χ0n) is 9.08. The normalized spacial score (nSPS) is 12.7. The molecule has 4 nitrogen and oxygen atoms in total. The van der Waals surface area contributed by atoms with Crippen molar-refractivity contribution in [3.8, 4) is 0 Å². The van der Waals surface area contributed by atoms with Gasteiger partial charge in [0.15, 0.2) is 0 Å². The van der Waals surface area contributed by atoms with Crippen molar-refractivity contribution in [2.24, 2.45) is 5.92 Å². The summed E-state index contributed by atoms with van der Waals surface area (Å²) >= 11 is 0. The van der Waals surface area contributed by atoms with Crippen LogP contribution >= 0.6 is 0 Å². The summed E-state index contributed by atoms with van der Waals surface area (Å²) in [6.07, 6.45) is 3.28. The van der Waals surface area contributed by atoms with E-state index in [0.29, 0.717) is 6.54 Å². The summed E-state index contributed by atoms with van der Waals surface area (Å²) in [4.78, 5) is 10.4. The molecule has 0 saturated carbocycles. The summed E-state index contributed by atoms with van der Waals surface area (Å²) in [7, 11) is 1.70. The molecule has 4 heteroatoms. The molecule has 0 spiro atoms. The molecule has 1 unspecified atom stereocenters. The molecule has 84 valence electrons. The topological polar surface area (TPSA) is 58.6 Å². The second-order valence-corrected chi connectivity index (χ2v) is 3.50. The van der Waals surface area contributed by atoms with Gasteiger partial charge in [0, 0.05) is 20.3 Å². The fourth-order valence-corrected chi connectivity index (χ4v) is 1.08. The average Bonchev–Trinajstić information content (AvgIpc) is 2.16. The highest BCUT2D eigenvalue weighted by atomic mass is 16.5. The molecule has 14 heavy (non-hydrogen) atoms. The van der Waals surface area contributed by atoms with Gasteiger partial charge in [0.2, 0.25) is 0 Å². The molecule has 0 heterocycles. The Labute approximate surface area is 85.6 Å². The third kappa shape index (κ3) is 8.01. The molecule has 0 aromatic carbocycles. The number of hydrogen-bond acceptors (Lipinski definition) is 3. The molecule has 0 rings (SSSR count). The van der Waals surface area contributed by atoms with E-state index in [1.54, 1.807) is 14.0 Å². The van der Waals surface area contributed by atoms with E-state index in [-0.39, 0.29) is 5.92 Å². The Morgan fingerprint density at radius 3 is 2.71 bits per heavy atom. The van der Waals surface area contributed by atoms with Crippen LogP contribution in [-0.2, 0) is 9.53 Å². The van der Waals surface area contributed by atoms with Crippen molar-refractivity contribution in [1.29, 1.82) is 0 Å². The Hall–Kier alpha value is -0.610. The van der Waals surface area contributed by atoms with Crippen LogP contribution < -0.4 is 5.32 Å². The van der Waals surface area contributed by atoms with Crippen molar-refractivity contribution in [3.05, 3.63) is 0 Å². The monoisotopic (exact) mass is 203 g/mol. The van der Waals surface area contributed by atoms with Gasteiger partial charge in [0.1, 0.15) is 0 Å². The Morgan fingerprint density at radius 1 is 1.43 bits per heavy atom. The molecule has 2 N–H and O–H groups in total. The number of carboxylic acid groups (broad SMARTS) is 1. The van der Waals surface area contributed by atoms with Gasteiger partial charge in [0.25, 0.3) is 0 Å². The highest BCUT2D eigenvalue weighted by molar-refractivity contribution is 5.69. The zero-order valence-corrected chi connectivity index (χ0v) is 9.08. The van der Waals surface area contributed by atoms with Gasteiger partial charge in [0.05, 0.1) is 5.92 Å². The third-order valence-electron chi connectivity index (χ3n) is 2.07. The Morgan fingerprint density at radius 2 is 2.14 bits per heavy atom. The first-order chi connectivity index (χ1) is 6.68. The molecule has 0 aromatic heterocycles. The Bertz CT molecular complexity index is 150. The zero-order chi connectivity index (χ0) is 10.8. The number of nitrogens with one attached hydrogen (secondary N) is 1. The molecule has 0 aliphatic heterocycles. The first kappa shape index (κ1) is 13.4. The van der Waals surface area contributed by atoms with Crippen molar-refractivity contribution >= 4 is 5.97 Å². The predicted molar refractivity (Wildman–Crippen MR) is 55.4 cm³/mol. The highest BCUT2D eigenvalue weighted by Gasteiger charge is 2.08. The molecule has 0 amide bonds. The minimum absolute atomic E-state index is 0.297. The Kier molecular flexibility index (Phi) is 8.57. The fraction of sp³-hybridized carbons (Fsp3) is 0.900. The maximum absolute atomic E-state index is 10.4. The summed E-state index contributed by atoms with van der Waals surface area (Å²) in [5, 5.41) is 11.7. The van der Waals surface area contributed by atoms with E-state index < -0.39 is 5.97 Å². The molecule has 0 fully saturated rings. The van der Waals surface area contributed by atoms with Gasteiger partial charge in [-0.25, -0.2) is 0 Å². The largest absolute Gasteiger partial charge is 0.481 e. The van der Waals surface area contributed by atoms with Gasteiger partial charge >= 0.3 is 5.97 Å². The quantitative estimate of drug-likeness (QED) is 0.551.